The summed E-state index contributed by atoms with van der Waals surface area (Å²) in [6.07, 6.45) is -4.52. The molecular weight excluding hydrogens is 303 g/mol. The first-order chi connectivity index (χ1) is 9.88. The third-order valence-electron chi connectivity index (χ3n) is 2.89. The second-order valence-electron chi connectivity index (χ2n) is 4.48. The van der Waals surface area contributed by atoms with Crippen molar-refractivity contribution < 1.29 is 17.9 Å². The van der Waals surface area contributed by atoms with Crippen molar-refractivity contribution in [2.45, 2.75) is 18.8 Å². The van der Waals surface area contributed by atoms with Gasteiger partial charge in [-0.05, 0) is 23.8 Å². The zero-order chi connectivity index (χ0) is 15.5. The molecule has 0 heterocycles. The van der Waals surface area contributed by atoms with Crippen LogP contribution in [0.25, 0.3) is 0 Å². The van der Waals surface area contributed by atoms with Gasteiger partial charge in [0, 0.05) is 10.6 Å². The molecule has 0 bridgehead atoms. The summed E-state index contributed by atoms with van der Waals surface area (Å²) in [5, 5.41) is 0.538. The lowest BCUT2D eigenvalue weighted by molar-refractivity contribution is -0.149. The van der Waals surface area contributed by atoms with Crippen molar-refractivity contribution in [1.82, 2.24) is 0 Å². The average Bonchev–Trinajstić information content (AvgIpc) is 2.44. The molecule has 21 heavy (non-hydrogen) atoms. The number of rotatable bonds is 4. The van der Waals surface area contributed by atoms with Crippen LogP contribution in [-0.2, 0) is 6.61 Å². The molecule has 0 unspecified atom stereocenters. The molecule has 0 aliphatic rings. The maximum atomic E-state index is 12.7. The molecule has 112 valence electrons. The summed E-state index contributed by atoms with van der Waals surface area (Å²) in [7, 11) is 0. The number of halogens is 4. The Morgan fingerprint density at radius 3 is 2.48 bits per heavy atom. The van der Waals surface area contributed by atoms with Crippen molar-refractivity contribution in [3.05, 3.63) is 64.7 Å². The normalized spacial score (nSPS) is 13.0. The number of benzene rings is 2. The van der Waals surface area contributed by atoms with E-state index in [4.69, 9.17) is 22.1 Å². The third kappa shape index (κ3) is 4.12. The highest BCUT2D eigenvalue weighted by Crippen LogP contribution is 2.35. The summed E-state index contributed by atoms with van der Waals surface area (Å²) < 4.78 is 43.7. The van der Waals surface area contributed by atoms with Crippen LogP contribution in [0.1, 0.15) is 17.2 Å². The average molecular weight is 316 g/mol. The van der Waals surface area contributed by atoms with E-state index in [0.717, 1.165) is 5.56 Å². The quantitative estimate of drug-likeness (QED) is 0.902. The molecule has 1 atom stereocenters. The Hall–Kier alpha value is -1.72. The molecule has 2 aromatic carbocycles. The van der Waals surface area contributed by atoms with E-state index in [-0.39, 0.29) is 17.9 Å². The van der Waals surface area contributed by atoms with E-state index in [1.165, 1.54) is 18.2 Å². The van der Waals surface area contributed by atoms with Crippen LogP contribution in [0, 0.1) is 0 Å². The van der Waals surface area contributed by atoms with Gasteiger partial charge in [-0.25, -0.2) is 0 Å². The summed E-state index contributed by atoms with van der Waals surface area (Å²) in [6.45, 7) is 0.113. The van der Waals surface area contributed by atoms with E-state index in [1.807, 2.05) is 0 Å². The van der Waals surface area contributed by atoms with Gasteiger partial charge in [0.1, 0.15) is 18.4 Å². The van der Waals surface area contributed by atoms with E-state index < -0.39 is 12.2 Å². The first-order valence-corrected chi connectivity index (χ1v) is 6.54. The highest BCUT2D eigenvalue weighted by molar-refractivity contribution is 6.30. The van der Waals surface area contributed by atoms with Crippen LogP contribution in [-0.4, -0.2) is 6.18 Å². The maximum Gasteiger partial charge on any atom is 0.407 e. The lowest BCUT2D eigenvalue weighted by atomic mass is 10.1. The zero-order valence-electron chi connectivity index (χ0n) is 10.9. The van der Waals surface area contributed by atoms with Crippen LogP contribution in [0.3, 0.4) is 0 Å². The molecule has 0 aliphatic carbocycles. The first kappa shape index (κ1) is 15.7. The van der Waals surface area contributed by atoms with E-state index in [2.05, 4.69) is 0 Å². The van der Waals surface area contributed by atoms with Crippen LogP contribution >= 0.6 is 11.6 Å². The number of alkyl halides is 3. The standard InChI is InChI=1S/C15H13ClF3NO/c16-11-5-3-4-10(8-11)9-21-13-7-2-1-6-12(13)14(20)15(17,18)19/h1-8,14H,9,20H2/t14-/m0/s1. The van der Waals surface area contributed by atoms with Gasteiger partial charge in [0.15, 0.2) is 0 Å². The molecular formula is C15H13ClF3NO. The van der Waals surface area contributed by atoms with Gasteiger partial charge in [0.05, 0.1) is 0 Å². The van der Waals surface area contributed by atoms with Crippen LogP contribution in [0.5, 0.6) is 5.75 Å². The number of hydrogen-bond donors (Lipinski definition) is 1. The molecule has 6 heteroatoms. The molecule has 0 aromatic heterocycles. The lowest BCUT2D eigenvalue weighted by Gasteiger charge is -2.19. The van der Waals surface area contributed by atoms with Crippen LogP contribution in [0.15, 0.2) is 48.5 Å². The van der Waals surface area contributed by atoms with Gasteiger partial charge < -0.3 is 10.5 Å². The molecule has 0 saturated carbocycles. The second-order valence-corrected chi connectivity index (χ2v) is 4.91. The number of hydrogen-bond acceptors (Lipinski definition) is 2. The Balaban J connectivity index is 2.17. The highest BCUT2D eigenvalue weighted by Gasteiger charge is 2.39. The van der Waals surface area contributed by atoms with Crippen molar-refractivity contribution in [3.63, 3.8) is 0 Å². The Bertz CT molecular complexity index is 616. The van der Waals surface area contributed by atoms with Gasteiger partial charge in [-0.3, -0.25) is 0 Å². The monoisotopic (exact) mass is 315 g/mol. The second kappa shape index (κ2) is 6.37. The summed E-state index contributed by atoms with van der Waals surface area (Å²) in [5.41, 5.74) is 5.91. The summed E-state index contributed by atoms with van der Waals surface area (Å²) in [5.74, 6) is 0.113. The smallest absolute Gasteiger partial charge is 0.407 e. The van der Waals surface area contributed by atoms with Gasteiger partial charge in [0.2, 0.25) is 0 Å². The highest BCUT2D eigenvalue weighted by atomic mass is 35.5. The summed E-state index contributed by atoms with van der Waals surface area (Å²) in [6, 6.07) is 10.7. The summed E-state index contributed by atoms with van der Waals surface area (Å²) >= 11 is 5.84. The van der Waals surface area contributed by atoms with Gasteiger partial charge in [0.25, 0.3) is 0 Å². The zero-order valence-corrected chi connectivity index (χ0v) is 11.7. The van der Waals surface area contributed by atoms with Crippen LogP contribution < -0.4 is 10.5 Å². The number of ether oxygens (including phenoxy) is 1. The van der Waals surface area contributed by atoms with E-state index in [9.17, 15) is 13.2 Å². The SMILES string of the molecule is N[C@@H](c1ccccc1OCc1cccc(Cl)c1)C(F)(F)F. The fraction of sp³-hybridized carbons (Fsp3) is 0.200. The maximum absolute atomic E-state index is 12.7. The van der Waals surface area contributed by atoms with Gasteiger partial charge in [-0.15, -0.1) is 0 Å². The molecule has 0 spiro atoms. The Labute approximate surface area is 125 Å². The van der Waals surface area contributed by atoms with Crippen molar-refractivity contribution in [2.24, 2.45) is 5.73 Å². The van der Waals surface area contributed by atoms with E-state index in [0.29, 0.717) is 5.02 Å². The molecule has 0 fully saturated rings. The minimum Gasteiger partial charge on any atom is -0.489 e. The van der Waals surface area contributed by atoms with Crippen molar-refractivity contribution in [3.8, 4) is 5.75 Å². The molecule has 0 amide bonds. The Kier molecular flexibility index (Phi) is 4.75. The fourth-order valence-corrected chi connectivity index (χ4v) is 2.05. The molecule has 0 saturated heterocycles. The van der Waals surface area contributed by atoms with Gasteiger partial charge in [-0.1, -0.05) is 41.9 Å². The molecule has 2 N–H and O–H groups in total. The van der Waals surface area contributed by atoms with Crippen molar-refractivity contribution in [2.75, 3.05) is 0 Å². The van der Waals surface area contributed by atoms with Crippen molar-refractivity contribution >= 4 is 11.6 Å². The van der Waals surface area contributed by atoms with Gasteiger partial charge in [-0.2, -0.15) is 13.2 Å². The molecule has 2 rings (SSSR count). The number of para-hydroxylation sites is 1. The summed E-state index contributed by atoms with van der Waals surface area (Å²) in [4.78, 5) is 0. The topological polar surface area (TPSA) is 35.2 Å². The lowest BCUT2D eigenvalue weighted by Crippen LogP contribution is -2.28. The molecule has 0 radical (unpaired) electrons. The minimum atomic E-state index is -4.52. The van der Waals surface area contributed by atoms with E-state index in [1.54, 1.807) is 30.3 Å². The Morgan fingerprint density at radius 2 is 1.81 bits per heavy atom. The third-order valence-corrected chi connectivity index (χ3v) is 3.13. The fourth-order valence-electron chi connectivity index (χ4n) is 1.83. The van der Waals surface area contributed by atoms with Gasteiger partial charge >= 0.3 is 6.18 Å². The molecule has 2 aromatic rings. The molecule has 2 nitrogen and oxygen atoms in total. The largest absolute Gasteiger partial charge is 0.489 e. The minimum absolute atomic E-state index is 0.0907. The molecule has 0 aliphatic heterocycles. The predicted octanol–water partition coefficient (Wildman–Crippen LogP) is 4.48. The Morgan fingerprint density at radius 1 is 1.10 bits per heavy atom. The van der Waals surface area contributed by atoms with Crippen LogP contribution in [0.4, 0.5) is 13.2 Å². The number of nitrogens with two attached hydrogens (primary N) is 1. The van der Waals surface area contributed by atoms with E-state index >= 15 is 0 Å². The van der Waals surface area contributed by atoms with Crippen molar-refractivity contribution in [1.29, 1.82) is 0 Å². The first-order valence-electron chi connectivity index (χ1n) is 6.16. The van der Waals surface area contributed by atoms with Crippen LogP contribution in [0.2, 0.25) is 5.02 Å². The predicted molar refractivity (Wildman–Crippen MR) is 75.2 cm³/mol.